The molecule has 0 aromatic rings. The van der Waals surface area contributed by atoms with Crippen LogP contribution in [0.2, 0.25) is 0 Å². The van der Waals surface area contributed by atoms with Gasteiger partial charge in [-0.3, -0.25) is 0 Å². The molecular formula is C24H39F3O3. The minimum Gasteiger partial charge on any atom is -0.396 e. The van der Waals surface area contributed by atoms with Gasteiger partial charge in [0, 0.05) is 6.61 Å². The molecule has 0 aromatic heterocycles. The van der Waals surface area contributed by atoms with E-state index in [0.717, 1.165) is 51.4 Å². The molecule has 174 valence electrons. The number of rotatable bonds is 5. The molecule has 4 fully saturated rings. The summed E-state index contributed by atoms with van der Waals surface area (Å²) >= 11 is 0. The maximum absolute atomic E-state index is 13.6. The lowest BCUT2D eigenvalue weighted by molar-refractivity contribution is -0.214. The molecule has 1 unspecified atom stereocenters. The molecule has 4 aliphatic carbocycles. The van der Waals surface area contributed by atoms with Crippen LogP contribution in [0.5, 0.6) is 0 Å². The largest absolute Gasteiger partial charge is 0.396 e. The van der Waals surface area contributed by atoms with Crippen molar-refractivity contribution in [3.05, 3.63) is 0 Å². The van der Waals surface area contributed by atoms with Crippen molar-refractivity contribution in [3.63, 3.8) is 0 Å². The predicted octanol–water partition coefficient (Wildman–Crippen LogP) is 5.19. The first-order valence-electron chi connectivity index (χ1n) is 12.1. The minimum atomic E-state index is -4.32. The molecule has 4 aliphatic rings. The number of ether oxygens (including phenoxy) is 1. The predicted molar refractivity (Wildman–Crippen MR) is 109 cm³/mol. The van der Waals surface area contributed by atoms with Gasteiger partial charge in [-0.15, -0.1) is 0 Å². The van der Waals surface area contributed by atoms with Crippen LogP contribution in [-0.4, -0.2) is 41.8 Å². The molecule has 0 aromatic carbocycles. The number of fused-ring (bicyclic) bond motifs is 5. The van der Waals surface area contributed by atoms with E-state index in [1.807, 2.05) is 6.92 Å². The Labute approximate surface area is 178 Å². The summed E-state index contributed by atoms with van der Waals surface area (Å²) in [6, 6.07) is 0. The molecule has 3 nitrogen and oxygen atoms in total. The lowest BCUT2D eigenvalue weighted by Gasteiger charge is -2.57. The third-order valence-corrected chi connectivity index (χ3v) is 9.86. The van der Waals surface area contributed by atoms with Gasteiger partial charge in [-0.05, 0) is 106 Å². The lowest BCUT2D eigenvalue weighted by Crippen LogP contribution is -2.53. The van der Waals surface area contributed by atoms with Crippen molar-refractivity contribution in [2.24, 2.45) is 46.8 Å². The van der Waals surface area contributed by atoms with Gasteiger partial charge in [0.05, 0.1) is 24.7 Å². The van der Waals surface area contributed by atoms with Crippen molar-refractivity contribution >= 4 is 0 Å². The van der Waals surface area contributed by atoms with Gasteiger partial charge in [-0.25, -0.2) is 0 Å². The molecule has 0 amide bonds. The Kier molecular flexibility index (Phi) is 6.26. The highest BCUT2D eigenvalue weighted by molar-refractivity contribution is 5.08. The fraction of sp³-hybridized carbons (Fsp3) is 1.00. The highest BCUT2D eigenvalue weighted by atomic mass is 19.4. The first kappa shape index (κ1) is 22.8. The van der Waals surface area contributed by atoms with Crippen LogP contribution in [0.4, 0.5) is 13.2 Å². The molecule has 2 N–H and O–H groups in total. The monoisotopic (exact) mass is 432 g/mol. The van der Waals surface area contributed by atoms with Gasteiger partial charge in [-0.2, -0.15) is 13.2 Å². The Balaban J connectivity index is 1.48. The molecule has 4 saturated carbocycles. The minimum absolute atomic E-state index is 0.304. The van der Waals surface area contributed by atoms with Crippen molar-refractivity contribution in [2.45, 2.75) is 83.4 Å². The number of aliphatic hydroxyl groups excluding tert-OH is 1. The van der Waals surface area contributed by atoms with E-state index in [4.69, 9.17) is 4.74 Å². The molecule has 0 spiro atoms. The molecule has 0 aliphatic heterocycles. The van der Waals surface area contributed by atoms with E-state index < -0.39 is 30.2 Å². The van der Waals surface area contributed by atoms with E-state index >= 15 is 0 Å². The lowest BCUT2D eigenvalue weighted by atomic mass is 9.48. The van der Waals surface area contributed by atoms with Crippen molar-refractivity contribution in [2.75, 3.05) is 19.8 Å². The van der Waals surface area contributed by atoms with E-state index in [1.165, 1.54) is 0 Å². The summed E-state index contributed by atoms with van der Waals surface area (Å²) in [5.74, 6) is 0.550. The number of halogens is 3. The van der Waals surface area contributed by atoms with Crippen LogP contribution in [0.3, 0.4) is 0 Å². The number of hydrogen-bond donors (Lipinski definition) is 2. The molecule has 30 heavy (non-hydrogen) atoms. The van der Waals surface area contributed by atoms with Gasteiger partial charge in [-0.1, -0.05) is 6.92 Å². The maximum atomic E-state index is 13.6. The Hall–Kier alpha value is -0.330. The smallest absolute Gasteiger partial charge is 0.394 e. The van der Waals surface area contributed by atoms with E-state index in [-0.39, 0.29) is 5.41 Å². The maximum Gasteiger partial charge on any atom is 0.394 e. The highest BCUT2D eigenvalue weighted by Gasteiger charge is 2.61. The van der Waals surface area contributed by atoms with Gasteiger partial charge in [0.1, 0.15) is 0 Å². The second-order valence-corrected chi connectivity index (χ2v) is 11.1. The average Bonchev–Trinajstić information content (AvgIpc) is 3.02. The fourth-order valence-corrected chi connectivity index (χ4v) is 8.55. The van der Waals surface area contributed by atoms with Crippen molar-refractivity contribution in [1.29, 1.82) is 0 Å². The fourth-order valence-electron chi connectivity index (χ4n) is 8.55. The van der Waals surface area contributed by atoms with Crippen molar-refractivity contribution < 1.29 is 28.1 Å². The average molecular weight is 433 g/mol. The van der Waals surface area contributed by atoms with Gasteiger partial charge in [0.25, 0.3) is 0 Å². The Bertz CT molecular complexity index is 611. The Morgan fingerprint density at radius 1 is 1.00 bits per heavy atom. The zero-order chi connectivity index (χ0) is 21.7. The van der Waals surface area contributed by atoms with E-state index in [2.05, 4.69) is 6.92 Å². The number of hydrogen-bond acceptors (Lipinski definition) is 3. The summed E-state index contributed by atoms with van der Waals surface area (Å²) in [5, 5.41) is 20.5. The molecule has 9 atom stereocenters. The van der Waals surface area contributed by atoms with Crippen LogP contribution >= 0.6 is 0 Å². The summed E-state index contributed by atoms with van der Waals surface area (Å²) in [4.78, 5) is 0. The van der Waals surface area contributed by atoms with Crippen LogP contribution in [0.15, 0.2) is 0 Å². The normalized spacial score (nSPS) is 47.3. The number of aliphatic hydroxyl groups is 2. The molecule has 6 heteroatoms. The van der Waals surface area contributed by atoms with Gasteiger partial charge in [0.15, 0.2) is 0 Å². The zero-order valence-corrected chi connectivity index (χ0v) is 18.5. The summed E-state index contributed by atoms with van der Waals surface area (Å²) < 4.78 is 46.4. The van der Waals surface area contributed by atoms with Crippen molar-refractivity contribution in [3.8, 4) is 0 Å². The van der Waals surface area contributed by atoms with Crippen LogP contribution < -0.4 is 0 Å². The topological polar surface area (TPSA) is 49.7 Å². The van der Waals surface area contributed by atoms with Crippen LogP contribution in [0, 0.1) is 46.8 Å². The van der Waals surface area contributed by atoms with Crippen LogP contribution in [-0.2, 0) is 4.74 Å². The standard InChI is InChI=1S/C24H39F3O3/c1-3-30-14-23(29)11-9-16-15(12-23)4-5-18-17(16)8-10-22(2)19(18)6-7-20(22)21(13-28)24(25,26)27/h15-21,28-29H,3-14H2,1-2H3/t15-,16+,17-,18-,19+,20-,21?,22+,23-/m1/s1. The molecule has 0 saturated heterocycles. The third kappa shape index (κ3) is 3.83. The van der Waals surface area contributed by atoms with Crippen molar-refractivity contribution in [1.82, 2.24) is 0 Å². The number of alkyl halides is 3. The van der Waals surface area contributed by atoms with E-state index in [0.29, 0.717) is 49.2 Å². The second kappa shape index (κ2) is 8.22. The van der Waals surface area contributed by atoms with Crippen LogP contribution in [0.25, 0.3) is 0 Å². The molecule has 4 rings (SSSR count). The quantitative estimate of drug-likeness (QED) is 0.628. The molecule has 0 heterocycles. The third-order valence-electron chi connectivity index (χ3n) is 9.86. The molecule has 0 bridgehead atoms. The van der Waals surface area contributed by atoms with E-state index in [1.54, 1.807) is 0 Å². The van der Waals surface area contributed by atoms with Crippen LogP contribution in [0.1, 0.15) is 71.6 Å². The van der Waals surface area contributed by atoms with Gasteiger partial charge in [0.2, 0.25) is 0 Å². The zero-order valence-electron chi connectivity index (χ0n) is 18.5. The SMILES string of the molecule is CCOC[C@@]1(O)CC[C@H]2[C@H](CC[C@@H]3[C@@H]2CC[C@]2(C)[C@@H](C(CO)C(F)(F)F)CC[C@@H]32)C1. The summed E-state index contributed by atoms with van der Waals surface area (Å²) in [6.45, 7) is 4.30. The molecular weight excluding hydrogens is 393 g/mol. The summed E-state index contributed by atoms with van der Waals surface area (Å²) in [5.41, 5.74) is -1.01. The summed E-state index contributed by atoms with van der Waals surface area (Å²) in [6.07, 6.45) is 3.79. The second-order valence-electron chi connectivity index (χ2n) is 11.1. The van der Waals surface area contributed by atoms with Gasteiger partial charge >= 0.3 is 6.18 Å². The Morgan fingerprint density at radius 2 is 1.73 bits per heavy atom. The highest BCUT2D eigenvalue weighted by Crippen LogP contribution is 2.66. The molecule has 0 radical (unpaired) electrons. The first-order chi connectivity index (χ1) is 14.1. The first-order valence-corrected chi connectivity index (χ1v) is 12.1. The van der Waals surface area contributed by atoms with Gasteiger partial charge < -0.3 is 14.9 Å². The Morgan fingerprint density at radius 3 is 2.40 bits per heavy atom. The van der Waals surface area contributed by atoms with E-state index in [9.17, 15) is 23.4 Å². The summed E-state index contributed by atoms with van der Waals surface area (Å²) in [7, 11) is 0.